The van der Waals surface area contributed by atoms with Gasteiger partial charge in [-0.25, -0.2) is 0 Å². The van der Waals surface area contributed by atoms with Crippen LogP contribution in [0.25, 0.3) is 11.2 Å². The zero-order valence-corrected chi connectivity index (χ0v) is 15.5. The van der Waals surface area contributed by atoms with Crippen molar-refractivity contribution in [1.82, 2.24) is 19.1 Å². The van der Waals surface area contributed by atoms with Gasteiger partial charge in [0.15, 0.2) is 11.2 Å². The number of piperidine rings is 1. The van der Waals surface area contributed by atoms with Crippen LogP contribution in [-0.2, 0) is 13.6 Å². The topological polar surface area (TPSA) is 59.2 Å². The van der Waals surface area contributed by atoms with Crippen molar-refractivity contribution >= 4 is 23.1 Å². The molecule has 1 aliphatic heterocycles. The fourth-order valence-electron chi connectivity index (χ4n) is 3.26. The Bertz CT molecular complexity index is 879. The molecule has 0 atom stereocenters. The third-order valence-electron chi connectivity index (χ3n) is 4.81. The number of rotatable bonds is 4. The van der Waals surface area contributed by atoms with Gasteiger partial charge in [0, 0.05) is 33.7 Å². The maximum Gasteiger partial charge on any atom is 0.281 e. The lowest BCUT2D eigenvalue weighted by Gasteiger charge is -2.27. The minimum absolute atomic E-state index is 0.0750. The summed E-state index contributed by atoms with van der Waals surface area (Å²) in [7, 11) is 3.69. The van der Waals surface area contributed by atoms with E-state index in [4.69, 9.17) is 4.98 Å². The van der Waals surface area contributed by atoms with Gasteiger partial charge in [-0.15, -0.1) is 5.92 Å². The van der Waals surface area contributed by atoms with Crippen molar-refractivity contribution in [3.8, 4) is 11.8 Å². The molecule has 0 aromatic carbocycles. The molecule has 0 spiro atoms. The molecule has 2 aromatic heterocycles. The summed E-state index contributed by atoms with van der Waals surface area (Å²) >= 11 is 0. The van der Waals surface area contributed by atoms with E-state index in [1.807, 2.05) is 30.4 Å². The highest BCUT2D eigenvalue weighted by Crippen LogP contribution is 2.23. The Balaban J connectivity index is 2.23. The summed E-state index contributed by atoms with van der Waals surface area (Å²) < 4.78 is 3.53. The molecule has 3 heterocycles. The lowest BCUT2D eigenvalue weighted by atomic mass is 10.1. The van der Waals surface area contributed by atoms with E-state index in [-0.39, 0.29) is 5.56 Å². The molecule has 1 saturated heterocycles. The molecular weight excluding hydrogens is 316 g/mol. The fourth-order valence-corrected chi connectivity index (χ4v) is 3.26. The first-order valence-corrected chi connectivity index (χ1v) is 8.91. The van der Waals surface area contributed by atoms with Gasteiger partial charge >= 0.3 is 0 Å². The Labute approximate surface area is 148 Å². The number of hydrogen-bond acceptors (Lipinski definition) is 5. The van der Waals surface area contributed by atoms with Gasteiger partial charge in [-0.1, -0.05) is 5.92 Å². The highest BCUT2D eigenvalue weighted by atomic mass is 16.1. The Morgan fingerprint density at radius 1 is 1.20 bits per heavy atom. The average Bonchev–Trinajstić information content (AvgIpc) is 3.01. The van der Waals surface area contributed by atoms with Crippen LogP contribution in [-0.4, -0.2) is 45.8 Å². The van der Waals surface area contributed by atoms with Crippen molar-refractivity contribution < 1.29 is 0 Å². The molecule has 0 N–H and O–H groups in total. The third kappa shape index (κ3) is 3.09. The molecular formula is C18H26N6O. The van der Waals surface area contributed by atoms with Gasteiger partial charge in [0.2, 0.25) is 11.9 Å². The standard InChI is InChI=1S/C18H26N6O/c1-5-7-13-24-14-15(20-18(24)23-11-9-8-10-12-23)19-17(21(3)6-2)22(4)16(14)25/h6,8-13H2,1-4H3. The van der Waals surface area contributed by atoms with E-state index in [9.17, 15) is 4.79 Å². The molecule has 0 amide bonds. The van der Waals surface area contributed by atoms with Gasteiger partial charge in [0.1, 0.15) is 0 Å². The molecule has 1 aliphatic rings. The monoisotopic (exact) mass is 342 g/mol. The SMILES string of the molecule is CC#CCn1c(N2CCCCC2)nc2nc(N(C)CC)n(C)c(=O)c21. The van der Waals surface area contributed by atoms with Crippen molar-refractivity contribution in [2.75, 3.05) is 36.5 Å². The van der Waals surface area contributed by atoms with Gasteiger partial charge in [-0.3, -0.25) is 13.9 Å². The van der Waals surface area contributed by atoms with Crippen LogP contribution in [0.4, 0.5) is 11.9 Å². The number of imidazole rings is 1. The highest BCUT2D eigenvalue weighted by Gasteiger charge is 2.23. The van der Waals surface area contributed by atoms with E-state index in [0.717, 1.165) is 38.4 Å². The summed E-state index contributed by atoms with van der Waals surface area (Å²) in [4.78, 5) is 26.6. The highest BCUT2D eigenvalue weighted by molar-refractivity contribution is 5.75. The number of hydrogen-bond donors (Lipinski definition) is 0. The summed E-state index contributed by atoms with van der Waals surface area (Å²) in [5.74, 6) is 7.45. The molecule has 134 valence electrons. The number of aromatic nitrogens is 4. The summed E-state index contributed by atoms with van der Waals surface area (Å²) in [6.45, 7) is 7.00. The average molecular weight is 342 g/mol. The first kappa shape index (κ1) is 17.3. The molecule has 3 rings (SSSR count). The van der Waals surface area contributed by atoms with E-state index >= 15 is 0 Å². The molecule has 7 nitrogen and oxygen atoms in total. The smallest absolute Gasteiger partial charge is 0.281 e. The Kier molecular flexibility index (Phi) is 4.98. The van der Waals surface area contributed by atoms with Gasteiger partial charge < -0.3 is 9.80 Å². The summed E-state index contributed by atoms with van der Waals surface area (Å²) in [6, 6.07) is 0. The Morgan fingerprint density at radius 2 is 1.92 bits per heavy atom. The van der Waals surface area contributed by atoms with Crippen molar-refractivity contribution in [3.05, 3.63) is 10.4 Å². The summed E-state index contributed by atoms with van der Waals surface area (Å²) in [6.07, 6.45) is 3.55. The van der Waals surface area contributed by atoms with Crippen LogP contribution in [0.2, 0.25) is 0 Å². The molecule has 25 heavy (non-hydrogen) atoms. The second-order valence-electron chi connectivity index (χ2n) is 6.43. The normalized spacial score (nSPS) is 14.5. The quantitative estimate of drug-likeness (QED) is 0.790. The predicted molar refractivity (Wildman–Crippen MR) is 101 cm³/mol. The first-order valence-electron chi connectivity index (χ1n) is 8.91. The van der Waals surface area contributed by atoms with Gasteiger partial charge in [0.05, 0.1) is 6.54 Å². The maximum atomic E-state index is 13.0. The van der Waals surface area contributed by atoms with Crippen LogP contribution < -0.4 is 15.4 Å². The van der Waals surface area contributed by atoms with Crippen LogP contribution in [0.1, 0.15) is 33.1 Å². The van der Waals surface area contributed by atoms with E-state index in [0.29, 0.717) is 23.7 Å². The largest absolute Gasteiger partial charge is 0.345 e. The van der Waals surface area contributed by atoms with Crippen LogP contribution in [0, 0.1) is 11.8 Å². The van der Waals surface area contributed by atoms with Crippen LogP contribution >= 0.6 is 0 Å². The number of nitrogens with zero attached hydrogens (tertiary/aromatic N) is 6. The van der Waals surface area contributed by atoms with Crippen molar-refractivity contribution in [2.45, 2.75) is 39.7 Å². The zero-order chi connectivity index (χ0) is 18.0. The number of anilines is 2. The Hall–Kier alpha value is -2.49. The minimum Gasteiger partial charge on any atom is -0.345 e. The Morgan fingerprint density at radius 3 is 2.56 bits per heavy atom. The van der Waals surface area contributed by atoms with E-state index < -0.39 is 0 Å². The second kappa shape index (κ2) is 7.18. The molecule has 0 saturated carbocycles. The molecule has 0 radical (unpaired) electrons. The van der Waals surface area contributed by atoms with Gasteiger partial charge in [-0.2, -0.15) is 9.97 Å². The van der Waals surface area contributed by atoms with Gasteiger partial charge in [0.25, 0.3) is 5.56 Å². The molecule has 0 aliphatic carbocycles. The van der Waals surface area contributed by atoms with Crippen molar-refractivity contribution in [2.24, 2.45) is 7.05 Å². The maximum absolute atomic E-state index is 13.0. The molecule has 0 bridgehead atoms. The third-order valence-corrected chi connectivity index (χ3v) is 4.81. The zero-order valence-electron chi connectivity index (χ0n) is 15.5. The lowest BCUT2D eigenvalue weighted by Crippen LogP contribution is -2.32. The molecule has 0 unspecified atom stereocenters. The fraction of sp³-hybridized carbons (Fsp3) is 0.611. The van der Waals surface area contributed by atoms with Crippen LogP contribution in [0.5, 0.6) is 0 Å². The lowest BCUT2D eigenvalue weighted by molar-refractivity contribution is 0.561. The van der Waals surface area contributed by atoms with Gasteiger partial charge in [-0.05, 0) is 33.1 Å². The second-order valence-corrected chi connectivity index (χ2v) is 6.43. The van der Waals surface area contributed by atoms with Crippen LogP contribution in [0.15, 0.2) is 4.79 Å². The van der Waals surface area contributed by atoms with Crippen LogP contribution in [0.3, 0.4) is 0 Å². The minimum atomic E-state index is -0.0750. The number of fused-ring (bicyclic) bond motifs is 1. The molecule has 7 heteroatoms. The summed E-state index contributed by atoms with van der Waals surface area (Å²) in [5, 5.41) is 0. The summed E-state index contributed by atoms with van der Waals surface area (Å²) in [5.41, 5.74) is 0.977. The predicted octanol–water partition coefficient (Wildman–Crippen LogP) is 1.60. The van der Waals surface area contributed by atoms with E-state index in [1.165, 1.54) is 6.42 Å². The molecule has 2 aromatic rings. The van der Waals surface area contributed by atoms with Crippen molar-refractivity contribution in [3.63, 3.8) is 0 Å². The van der Waals surface area contributed by atoms with E-state index in [1.54, 1.807) is 11.6 Å². The van der Waals surface area contributed by atoms with E-state index in [2.05, 4.69) is 21.7 Å². The molecule has 1 fully saturated rings. The first-order chi connectivity index (χ1) is 12.1. The van der Waals surface area contributed by atoms with Crippen molar-refractivity contribution in [1.29, 1.82) is 0 Å².